The Kier molecular flexibility index (Phi) is 4.59. The second kappa shape index (κ2) is 6.19. The molecule has 0 aliphatic heterocycles. The normalized spacial score (nSPS) is 15.9. The Morgan fingerprint density at radius 2 is 1.78 bits per heavy atom. The van der Waals surface area contributed by atoms with Crippen molar-refractivity contribution in [2.24, 2.45) is 0 Å². The second-order valence-electron chi connectivity index (χ2n) is 5.36. The monoisotopic (exact) mass is 262 g/mol. The number of hydrogen-bond donors (Lipinski definition) is 2. The van der Waals surface area contributed by atoms with Gasteiger partial charge in [0.05, 0.1) is 0 Å². The van der Waals surface area contributed by atoms with Crippen molar-refractivity contribution in [3.05, 3.63) is 29.8 Å². The molecule has 1 fully saturated rings. The predicted octanol–water partition coefficient (Wildman–Crippen LogP) is 4.04. The van der Waals surface area contributed by atoms with Crippen LogP contribution in [-0.2, 0) is 0 Å². The molecule has 2 nitrogen and oxygen atoms in total. The van der Waals surface area contributed by atoms with Gasteiger partial charge in [-0.1, -0.05) is 38.8 Å². The van der Waals surface area contributed by atoms with Crippen LogP contribution in [0.5, 0.6) is 0 Å². The first-order chi connectivity index (χ1) is 8.65. The molecule has 0 aromatic heterocycles. The Morgan fingerprint density at radius 3 is 2.33 bits per heavy atom. The summed E-state index contributed by atoms with van der Waals surface area (Å²) in [5, 5.41) is 7.39. The molecule has 0 radical (unpaired) electrons. The summed E-state index contributed by atoms with van der Waals surface area (Å²) in [5.74, 6) is 0.572. The Bertz CT molecular complexity index is 391. The van der Waals surface area contributed by atoms with Gasteiger partial charge in [0.1, 0.15) is 0 Å². The fourth-order valence-electron chi connectivity index (χ4n) is 2.37. The predicted molar refractivity (Wildman–Crippen MR) is 82.1 cm³/mol. The van der Waals surface area contributed by atoms with E-state index in [2.05, 4.69) is 48.7 Å². The smallest absolute Gasteiger partial charge is 0.170 e. The van der Waals surface area contributed by atoms with E-state index in [1.165, 1.54) is 31.2 Å². The molecule has 0 saturated heterocycles. The zero-order valence-electron chi connectivity index (χ0n) is 11.2. The summed E-state index contributed by atoms with van der Waals surface area (Å²) in [6.07, 6.45) is 5.13. The van der Waals surface area contributed by atoms with Crippen molar-refractivity contribution in [3.63, 3.8) is 0 Å². The van der Waals surface area contributed by atoms with Crippen molar-refractivity contribution in [1.29, 1.82) is 0 Å². The van der Waals surface area contributed by atoms with Gasteiger partial charge in [0, 0.05) is 11.7 Å². The Balaban J connectivity index is 1.86. The summed E-state index contributed by atoms with van der Waals surface area (Å²) in [4.78, 5) is 0. The van der Waals surface area contributed by atoms with E-state index in [0.717, 1.165) is 10.8 Å². The summed E-state index contributed by atoms with van der Waals surface area (Å²) in [6, 6.07) is 9.08. The van der Waals surface area contributed by atoms with Crippen molar-refractivity contribution in [2.75, 3.05) is 5.32 Å². The fraction of sp³-hybridized carbons (Fsp3) is 0.533. The summed E-state index contributed by atoms with van der Waals surface area (Å²) in [5.41, 5.74) is 2.42. The lowest BCUT2D eigenvalue weighted by molar-refractivity contribution is 0.634. The van der Waals surface area contributed by atoms with E-state index < -0.39 is 0 Å². The minimum absolute atomic E-state index is 0.569. The van der Waals surface area contributed by atoms with Crippen LogP contribution in [0.15, 0.2) is 24.3 Å². The molecule has 2 N–H and O–H groups in total. The topological polar surface area (TPSA) is 24.1 Å². The highest BCUT2D eigenvalue weighted by Gasteiger charge is 2.15. The third-order valence-electron chi connectivity index (χ3n) is 3.53. The summed E-state index contributed by atoms with van der Waals surface area (Å²) in [7, 11) is 0. The van der Waals surface area contributed by atoms with Crippen LogP contribution in [0.3, 0.4) is 0 Å². The standard InChI is InChI=1S/C15H22N2S/c1-11(2)12-7-9-14(10-8-12)17-15(18)16-13-5-3-4-6-13/h7-11,13H,3-6H2,1-2H3,(H2,16,17,18). The number of thiocarbonyl (C=S) groups is 1. The second-order valence-corrected chi connectivity index (χ2v) is 5.76. The quantitative estimate of drug-likeness (QED) is 0.804. The molecule has 98 valence electrons. The van der Waals surface area contributed by atoms with Gasteiger partial charge < -0.3 is 10.6 Å². The molecule has 0 unspecified atom stereocenters. The van der Waals surface area contributed by atoms with Gasteiger partial charge in [-0.05, 0) is 48.7 Å². The Labute approximate surface area is 115 Å². The van der Waals surface area contributed by atoms with Crippen LogP contribution in [0.2, 0.25) is 0 Å². The molecule has 1 aliphatic rings. The van der Waals surface area contributed by atoms with E-state index in [1.54, 1.807) is 0 Å². The van der Waals surface area contributed by atoms with Crippen LogP contribution < -0.4 is 10.6 Å². The molecule has 1 aromatic carbocycles. The van der Waals surface area contributed by atoms with E-state index >= 15 is 0 Å². The number of anilines is 1. The maximum absolute atomic E-state index is 5.33. The molecule has 2 rings (SSSR count). The van der Waals surface area contributed by atoms with Crippen molar-refractivity contribution in [1.82, 2.24) is 5.32 Å². The van der Waals surface area contributed by atoms with Crippen LogP contribution in [0.1, 0.15) is 51.0 Å². The highest BCUT2D eigenvalue weighted by Crippen LogP contribution is 2.19. The molecule has 1 aliphatic carbocycles. The van der Waals surface area contributed by atoms with Gasteiger partial charge in [-0.2, -0.15) is 0 Å². The average molecular weight is 262 g/mol. The van der Waals surface area contributed by atoms with E-state index in [0.29, 0.717) is 12.0 Å². The number of nitrogens with one attached hydrogen (secondary N) is 2. The lowest BCUT2D eigenvalue weighted by Crippen LogP contribution is -2.35. The number of rotatable bonds is 3. The molecule has 1 aromatic rings. The lowest BCUT2D eigenvalue weighted by Gasteiger charge is -2.16. The zero-order chi connectivity index (χ0) is 13.0. The Hall–Kier alpha value is -1.09. The molecular formula is C15H22N2S. The van der Waals surface area contributed by atoms with E-state index in [4.69, 9.17) is 12.2 Å². The minimum atomic E-state index is 0.569. The van der Waals surface area contributed by atoms with Crippen LogP contribution in [-0.4, -0.2) is 11.2 Å². The third-order valence-corrected chi connectivity index (χ3v) is 3.75. The van der Waals surface area contributed by atoms with Crippen molar-refractivity contribution in [2.45, 2.75) is 51.5 Å². The Morgan fingerprint density at radius 1 is 1.17 bits per heavy atom. The maximum Gasteiger partial charge on any atom is 0.170 e. The van der Waals surface area contributed by atoms with Crippen LogP contribution >= 0.6 is 12.2 Å². The average Bonchev–Trinajstić information content (AvgIpc) is 2.82. The van der Waals surface area contributed by atoms with Gasteiger partial charge in [0.15, 0.2) is 5.11 Å². The van der Waals surface area contributed by atoms with Gasteiger partial charge in [0.2, 0.25) is 0 Å². The van der Waals surface area contributed by atoms with E-state index in [-0.39, 0.29) is 0 Å². The summed E-state index contributed by atoms with van der Waals surface area (Å²) >= 11 is 5.33. The highest BCUT2D eigenvalue weighted by atomic mass is 32.1. The zero-order valence-corrected chi connectivity index (χ0v) is 12.0. The molecule has 0 heterocycles. The first-order valence-corrected chi connectivity index (χ1v) is 7.23. The molecular weight excluding hydrogens is 240 g/mol. The lowest BCUT2D eigenvalue weighted by atomic mass is 10.0. The molecule has 3 heteroatoms. The molecule has 18 heavy (non-hydrogen) atoms. The van der Waals surface area contributed by atoms with Crippen LogP contribution in [0, 0.1) is 0 Å². The first kappa shape index (κ1) is 13.3. The maximum atomic E-state index is 5.33. The SMILES string of the molecule is CC(C)c1ccc(NC(=S)NC2CCCC2)cc1. The third kappa shape index (κ3) is 3.70. The van der Waals surface area contributed by atoms with Crippen molar-refractivity contribution < 1.29 is 0 Å². The largest absolute Gasteiger partial charge is 0.360 e. The van der Waals surface area contributed by atoms with Crippen LogP contribution in [0.4, 0.5) is 5.69 Å². The summed E-state index contributed by atoms with van der Waals surface area (Å²) < 4.78 is 0. The summed E-state index contributed by atoms with van der Waals surface area (Å²) in [6.45, 7) is 4.41. The molecule has 0 atom stereocenters. The van der Waals surface area contributed by atoms with E-state index in [1.807, 2.05) is 0 Å². The first-order valence-electron chi connectivity index (χ1n) is 6.82. The van der Waals surface area contributed by atoms with Gasteiger partial charge in [-0.3, -0.25) is 0 Å². The van der Waals surface area contributed by atoms with Gasteiger partial charge >= 0.3 is 0 Å². The van der Waals surface area contributed by atoms with E-state index in [9.17, 15) is 0 Å². The van der Waals surface area contributed by atoms with Crippen molar-refractivity contribution >= 4 is 23.0 Å². The molecule has 0 bridgehead atoms. The van der Waals surface area contributed by atoms with Crippen molar-refractivity contribution in [3.8, 4) is 0 Å². The number of hydrogen-bond acceptors (Lipinski definition) is 1. The highest BCUT2D eigenvalue weighted by molar-refractivity contribution is 7.80. The molecule has 0 spiro atoms. The minimum Gasteiger partial charge on any atom is -0.360 e. The van der Waals surface area contributed by atoms with Crippen LogP contribution in [0.25, 0.3) is 0 Å². The number of benzene rings is 1. The van der Waals surface area contributed by atoms with Gasteiger partial charge in [-0.15, -0.1) is 0 Å². The molecule has 1 saturated carbocycles. The fourth-order valence-corrected chi connectivity index (χ4v) is 2.66. The van der Waals surface area contributed by atoms with Gasteiger partial charge in [0.25, 0.3) is 0 Å². The van der Waals surface area contributed by atoms with Gasteiger partial charge in [-0.25, -0.2) is 0 Å². The molecule has 0 amide bonds.